The summed E-state index contributed by atoms with van der Waals surface area (Å²) < 4.78 is 2.92. The summed E-state index contributed by atoms with van der Waals surface area (Å²) in [7, 11) is 0. The summed E-state index contributed by atoms with van der Waals surface area (Å²) in [6.45, 7) is 21.3. The van der Waals surface area contributed by atoms with Crippen molar-refractivity contribution in [2.75, 3.05) is 0 Å². The van der Waals surface area contributed by atoms with Crippen molar-refractivity contribution in [1.82, 2.24) is 0 Å². The Kier molecular flexibility index (Phi) is 26.4. The maximum absolute atomic E-state index is 2.39. The summed E-state index contributed by atoms with van der Waals surface area (Å²) in [5, 5.41) is 4.95. The minimum atomic E-state index is -0.454. The molecule has 0 spiro atoms. The van der Waals surface area contributed by atoms with Gasteiger partial charge in [0, 0.05) is 0 Å². The van der Waals surface area contributed by atoms with Crippen LogP contribution in [0.1, 0.15) is 139 Å². The van der Waals surface area contributed by atoms with E-state index in [1.165, 1.54) is 57.8 Å². The first-order valence-electron chi connectivity index (χ1n) is 13.8. The standard InChI is InChI=1S/3C6H13.3C3H7.2Al/c3*1-3-5-6-4-2;3*1-3-2;;/h3*1,3-6H2,2H3;3*3H,1-2H3;;. The Balaban J connectivity index is 0. The fourth-order valence-electron chi connectivity index (χ4n) is 5.32. The molecule has 0 aromatic rings. The van der Waals surface area contributed by atoms with E-state index in [1.54, 1.807) is 35.1 Å². The van der Waals surface area contributed by atoms with E-state index in [1.807, 2.05) is 0 Å². The molecule has 2 heteroatoms. The van der Waals surface area contributed by atoms with Gasteiger partial charge < -0.3 is 0 Å². The first kappa shape index (κ1) is 32.2. The zero-order valence-electron chi connectivity index (χ0n) is 22.5. The number of hydrogen-bond donors (Lipinski definition) is 0. The quantitative estimate of drug-likeness (QED) is 0.147. The Morgan fingerprint density at radius 1 is 0.414 bits per heavy atom. The van der Waals surface area contributed by atoms with Gasteiger partial charge in [-0.3, -0.25) is 0 Å². The first-order valence-corrected chi connectivity index (χ1v) is 18.3. The lowest BCUT2D eigenvalue weighted by Crippen LogP contribution is -2.24. The molecule has 0 unspecified atom stereocenters. The van der Waals surface area contributed by atoms with Crippen LogP contribution < -0.4 is 0 Å². The van der Waals surface area contributed by atoms with Crippen molar-refractivity contribution in [3.63, 3.8) is 0 Å². The molecule has 0 saturated heterocycles. The molecule has 0 N–H and O–H groups in total. The molecule has 0 aliphatic rings. The highest BCUT2D eigenvalue weighted by molar-refractivity contribution is 6.63. The third kappa shape index (κ3) is 22.1. The second-order valence-corrected chi connectivity index (χ2v) is 19.3. The van der Waals surface area contributed by atoms with Gasteiger partial charge in [-0.25, -0.2) is 0 Å². The minimum absolute atomic E-state index is 0.362. The first-order chi connectivity index (χ1) is 13.8. The summed E-state index contributed by atoms with van der Waals surface area (Å²) in [5.74, 6) is 0. The summed E-state index contributed by atoms with van der Waals surface area (Å²) >= 11 is -0.815. The van der Waals surface area contributed by atoms with Crippen LogP contribution in [0.2, 0.25) is 30.2 Å². The van der Waals surface area contributed by atoms with E-state index in [9.17, 15) is 0 Å². The molecule has 0 atom stereocenters. The Labute approximate surface area is 197 Å². The highest BCUT2D eigenvalue weighted by Crippen LogP contribution is 2.29. The molecule has 0 rings (SSSR count). The third-order valence-electron chi connectivity index (χ3n) is 6.71. The van der Waals surface area contributed by atoms with Crippen LogP contribution >= 0.6 is 0 Å². The van der Waals surface area contributed by atoms with Crippen LogP contribution in [0.25, 0.3) is 0 Å². The zero-order valence-corrected chi connectivity index (χ0v) is 24.8. The molecule has 174 valence electrons. The molecule has 0 saturated carbocycles. The van der Waals surface area contributed by atoms with E-state index in [2.05, 4.69) is 62.3 Å². The second kappa shape index (κ2) is 23.7. The van der Waals surface area contributed by atoms with E-state index < -0.39 is 14.1 Å². The average Bonchev–Trinajstić information content (AvgIpc) is 2.64. The summed E-state index contributed by atoms with van der Waals surface area (Å²) in [6, 6.07) is 0. The third-order valence-corrected chi connectivity index (χ3v) is 15.0. The minimum Gasteiger partial charge on any atom is -0.0939 e. The highest BCUT2D eigenvalue weighted by atomic mass is 27.2. The molecule has 0 aliphatic heterocycles. The van der Waals surface area contributed by atoms with Crippen LogP contribution in [0, 0.1) is 0 Å². The van der Waals surface area contributed by atoms with Crippen LogP contribution in [-0.4, -0.2) is 28.3 Å². The van der Waals surface area contributed by atoms with Gasteiger partial charge in [-0.2, -0.15) is 0 Å². The molecule has 29 heavy (non-hydrogen) atoms. The van der Waals surface area contributed by atoms with E-state index >= 15 is 0 Å². The van der Waals surface area contributed by atoms with Gasteiger partial charge in [0.2, 0.25) is 0 Å². The lowest BCUT2D eigenvalue weighted by molar-refractivity contribution is 0.672. The van der Waals surface area contributed by atoms with Crippen molar-refractivity contribution in [3.05, 3.63) is 0 Å². The number of hydrogen-bond acceptors (Lipinski definition) is 0. The fourth-order valence-corrected chi connectivity index (χ4v) is 13.4. The lowest BCUT2D eigenvalue weighted by atomic mass is 10.2. The Morgan fingerprint density at radius 2 is 0.690 bits per heavy atom. The van der Waals surface area contributed by atoms with Crippen molar-refractivity contribution < 1.29 is 0 Å². The number of rotatable bonds is 18. The van der Waals surface area contributed by atoms with Gasteiger partial charge in [-0.05, 0) is 0 Å². The largest absolute Gasteiger partial charge is 0.270 e. The maximum atomic E-state index is 2.39. The van der Waals surface area contributed by atoms with Gasteiger partial charge in [0.15, 0.2) is 0 Å². The molecule has 0 aliphatic carbocycles. The summed E-state index contributed by atoms with van der Waals surface area (Å²) in [4.78, 5) is 0. The van der Waals surface area contributed by atoms with Crippen molar-refractivity contribution in [1.29, 1.82) is 0 Å². The van der Waals surface area contributed by atoms with Crippen LogP contribution in [0.5, 0.6) is 0 Å². The summed E-state index contributed by atoms with van der Waals surface area (Å²) in [5.41, 5.74) is 0. The molecule has 0 aromatic carbocycles. The molecule has 0 amide bonds. The predicted octanol–water partition coefficient (Wildman–Crippen LogP) is 10.9. The normalized spacial score (nSPS) is 11.2. The monoisotopic (exact) mass is 438 g/mol. The van der Waals surface area contributed by atoms with Crippen LogP contribution in [0.4, 0.5) is 0 Å². The maximum Gasteiger partial charge on any atom is 0.270 e. The zero-order chi connectivity index (χ0) is 22.5. The summed E-state index contributed by atoms with van der Waals surface area (Å²) in [6.07, 6.45) is 17.7. The van der Waals surface area contributed by atoms with Gasteiger partial charge in [0.05, 0.1) is 0 Å². The molecule has 0 heterocycles. The molecule has 0 nitrogen and oxygen atoms in total. The van der Waals surface area contributed by atoms with Gasteiger partial charge in [0.1, 0.15) is 0 Å². The molecule has 0 fully saturated rings. The average molecular weight is 439 g/mol. The molecule has 0 radical (unpaired) electrons. The van der Waals surface area contributed by atoms with Crippen LogP contribution in [-0.2, 0) is 0 Å². The molecular weight excluding hydrogens is 378 g/mol. The van der Waals surface area contributed by atoms with E-state index in [-0.39, 0.29) is 14.1 Å². The van der Waals surface area contributed by atoms with Crippen molar-refractivity contribution in [2.45, 2.75) is 170 Å². The Morgan fingerprint density at radius 3 is 0.862 bits per heavy atom. The van der Waals surface area contributed by atoms with Gasteiger partial charge >= 0.3 is 0 Å². The van der Waals surface area contributed by atoms with E-state index in [0.717, 1.165) is 14.3 Å². The molecule has 0 aromatic heterocycles. The SMILES string of the molecule is CCCCC[CH2][Al]([CH2]CCCCC)[CH2]CCCCC.C[CH](C)[Al]([CH](C)C)[CH](C)C. The van der Waals surface area contributed by atoms with Crippen LogP contribution in [0.15, 0.2) is 0 Å². The second-order valence-electron chi connectivity index (χ2n) is 10.7. The fraction of sp³-hybridized carbons (Fsp3) is 1.00. The molecule has 0 bridgehead atoms. The lowest BCUT2D eigenvalue weighted by Gasteiger charge is -2.22. The van der Waals surface area contributed by atoms with Crippen molar-refractivity contribution >= 4 is 28.3 Å². The highest BCUT2D eigenvalue weighted by Gasteiger charge is 2.27. The van der Waals surface area contributed by atoms with Gasteiger partial charge in [0.25, 0.3) is 28.3 Å². The van der Waals surface area contributed by atoms with E-state index in [4.69, 9.17) is 0 Å². The Bertz CT molecular complexity index is 251. The molecular formula is C27H60Al2. The van der Waals surface area contributed by atoms with E-state index in [0.29, 0.717) is 0 Å². The van der Waals surface area contributed by atoms with Crippen molar-refractivity contribution in [2.24, 2.45) is 0 Å². The Hall–Kier alpha value is 1.06. The van der Waals surface area contributed by atoms with Gasteiger partial charge in [-0.1, -0.05) is 170 Å². The number of unbranched alkanes of at least 4 members (excludes halogenated alkanes) is 9. The predicted molar refractivity (Wildman–Crippen MR) is 144 cm³/mol. The smallest absolute Gasteiger partial charge is 0.0939 e. The van der Waals surface area contributed by atoms with Gasteiger partial charge in [-0.15, -0.1) is 0 Å². The van der Waals surface area contributed by atoms with Crippen molar-refractivity contribution in [3.8, 4) is 0 Å². The topological polar surface area (TPSA) is 0 Å². The van der Waals surface area contributed by atoms with Crippen LogP contribution in [0.3, 0.4) is 0 Å².